The van der Waals surface area contributed by atoms with Gasteiger partial charge in [-0.1, -0.05) is 12.1 Å². The minimum Gasteiger partial charge on any atom is -0.497 e. The van der Waals surface area contributed by atoms with Crippen LogP contribution in [0.2, 0.25) is 0 Å². The second-order valence-electron chi connectivity index (χ2n) is 6.16. The molecular weight excluding hydrogens is 395 g/mol. The number of benzene rings is 1. The number of rotatable bonds is 6. The van der Waals surface area contributed by atoms with Gasteiger partial charge in [-0.15, -0.1) is 0 Å². The topological polar surface area (TPSA) is 160 Å². The summed E-state index contributed by atoms with van der Waals surface area (Å²) in [5.41, 5.74) is -0.589. The number of aromatic nitrogens is 2. The summed E-state index contributed by atoms with van der Waals surface area (Å²) in [5, 5.41) is 10.0. The highest BCUT2D eigenvalue weighted by atomic mass is 31.2. The molecule has 1 aromatic carbocycles. The monoisotopic (exact) mass is 414 g/mol. The Balaban J connectivity index is 1.87. The van der Waals surface area contributed by atoms with Crippen molar-refractivity contribution in [1.82, 2.24) is 9.55 Å². The number of aliphatic hydroxyl groups is 1. The summed E-state index contributed by atoms with van der Waals surface area (Å²) in [4.78, 5) is 44.2. The van der Waals surface area contributed by atoms with Gasteiger partial charge in [-0.2, -0.15) is 0 Å². The maximum atomic E-state index is 12.2. The molecule has 1 aliphatic rings. The normalized spacial score (nSPS) is 22.4. The number of ether oxygens (including phenoxy) is 2. The molecule has 3 rings (SSSR count). The van der Waals surface area contributed by atoms with Crippen LogP contribution in [0.15, 0.2) is 40.1 Å². The van der Waals surface area contributed by atoms with Crippen LogP contribution in [0.4, 0.5) is 0 Å². The van der Waals surface area contributed by atoms with E-state index in [9.17, 15) is 19.3 Å². The molecule has 0 spiro atoms. The number of phosphoric ester groups is 1. The average Bonchev–Trinajstić information content (AvgIpc) is 3.00. The fraction of sp³-hybridized carbons (Fsp3) is 0.375. The number of aromatic amines is 1. The Labute approximate surface area is 158 Å². The smallest absolute Gasteiger partial charge is 0.469 e. The van der Waals surface area contributed by atoms with Crippen molar-refractivity contribution in [3.8, 4) is 16.9 Å². The first-order valence-corrected chi connectivity index (χ1v) is 9.74. The predicted molar refractivity (Wildman–Crippen MR) is 95.8 cm³/mol. The van der Waals surface area contributed by atoms with Gasteiger partial charge in [0.2, 0.25) is 0 Å². The predicted octanol–water partition coefficient (Wildman–Crippen LogP) is -0.0301. The van der Waals surface area contributed by atoms with Gasteiger partial charge in [0.25, 0.3) is 5.56 Å². The summed E-state index contributed by atoms with van der Waals surface area (Å²) in [7, 11) is -3.21. The molecule has 0 saturated carbocycles. The Morgan fingerprint density at radius 2 is 1.96 bits per heavy atom. The Hall–Kier alpha value is -2.27. The lowest BCUT2D eigenvalue weighted by Gasteiger charge is -2.17. The molecule has 0 amide bonds. The summed E-state index contributed by atoms with van der Waals surface area (Å²) in [6.45, 7) is -0.550. The first-order chi connectivity index (χ1) is 13.2. The molecule has 152 valence electrons. The number of methoxy groups -OCH3 is 1. The van der Waals surface area contributed by atoms with E-state index in [0.717, 1.165) is 4.57 Å². The third kappa shape index (κ3) is 4.58. The van der Waals surface area contributed by atoms with Crippen molar-refractivity contribution >= 4 is 7.82 Å². The molecule has 0 radical (unpaired) electrons. The number of hydrogen-bond donors (Lipinski definition) is 4. The molecule has 4 N–H and O–H groups in total. The maximum Gasteiger partial charge on any atom is 0.469 e. The van der Waals surface area contributed by atoms with Crippen LogP contribution >= 0.6 is 7.82 Å². The van der Waals surface area contributed by atoms with Gasteiger partial charge in [-0.05, 0) is 17.7 Å². The first-order valence-electron chi connectivity index (χ1n) is 8.21. The van der Waals surface area contributed by atoms with Crippen molar-refractivity contribution in [3.63, 3.8) is 0 Å². The van der Waals surface area contributed by atoms with Gasteiger partial charge in [0.1, 0.15) is 18.1 Å². The van der Waals surface area contributed by atoms with Crippen LogP contribution in [0, 0.1) is 0 Å². The molecule has 1 aromatic heterocycles. The molecule has 0 aliphatic carbocycles. The lowest BCUT2D eigenvalue weighted by Crippen LogP contribution is -2.33. The molecular formula is C16H19N2O9P. The molecule has 11 nitrogen and oxygen atoms in total. The van der Waals surface area contributed by atoms with Crippen molar-refractivity contribution < 1.29 is 33.5 Å². The summed E-state index contributed by atoms with van der Waals surface area (Å²) in [5.74, 6) is 0.601. The molecule has 2 heterocycles. The quantitative estimate of drug-likeness (QED) is 0.476. The fourth-order valence-electron chi connectivity index (χ4n) is 2.88. The molecule has 12 heteroatoms. The van der Waals surface area contributed by atoms with E-state index in [1.807, 2.05) is 0 Å². The van der Waals surface area contributed by atoms with Gasteiger partial charge in [0.15, 0.2) is 0 Å². The zero-order valence-corrected chi connectivity index (χ0v) is 15.6. The van der Waals surface area contributed by atoms with Crippen LogP contribution < -0.4 is 16.0 Å². The van der Waals surface area contributed by atoms with E-state index >= 15 is 0 Å². The van der Waals surface area contributed by atoms with Gasteiger partial charge >= 0.3 is 13.5 Å². The highest BCUT2D eigenvalue weighted by molar-refractivity contribution is 7.46. The lowest BCUT2D eigenvalue weighted by molar-refractivity contribution is -0.0450. The van der Waals surface area contributed by atoms with Gasteiger partial charge < -0.3 is 24.4 Å². The molecule has 0 bridgehead atoms. The molecule has 2 aromatic rings. The zero-order chi connectivity index (χ0) is 20.5. The number of phosphoric acid groups is 1. The Bertz CT molecular complexity index is 994. The van der Waals surface area contributed by atoms with Crippen molar-refractivity contribution in [2.45, 2.75) is 24.9 Å². The maximum absolute atomic E-state index is 12.2. The van der Waals surface area contributed by atoms with E-state index in [1.165, 1.54) is 13.3 Å². The van der Waals surface area contributed by atoms with Crippen molar-refractivity contribution in [3.05, 3.63) is 51.3 Å². The SMILES string of the molecule is COc1ccc(-c2cn([C@H]3C[C@H](O)[C@@H](COP(=O)(O)O)O3)c(=O)[nH]c2=O)cc1. The lowest BCUT2D eigenvalue weighted by atomic mass is 10.1. The second-order valence-corrected chi connectivity index (χ2v) is 7.40. The van der Waals surface area contributed by atoms with Crippen LogP contribution in [-0.4, -0.2) is 50.4 Å². The van der Waals surface area contributed by atoms with Gasteiger partial charge in [-0.3, -0.25) is 18.9 Å². The molecule has 3 atom stereocenters. The molecule has 1 aliphatic heterocycles. The van der Waals surface area contributed by atoms with Crippen molar-refractivity contribution in [1.29, 1.82) is 0 Å². The number of nitrogens with zero attached hydrogens (tertiary/aromatic N) is 1. The Morgan fingerprint density at radius 1 is 1.29 bits per heavy atom. The van der Waals surface area contributed by atoms with Crippen molar-refractivity contribution in [2.75, 3.05) is 13.7 Å². The van der Waals surface area contributed by atoms with Crippen molar-refractivity contribution in [2.24, 2.45) is 0 Å². The Kier molecular flexibility index (Phi) is 5.84. The second kappa shape index (κ2) is 8.00. The first kappa shape index (κ1) is 20.5. The summed E-state index contributed by atoms with van der Waals surface area (Å²) >= 11 is 0. The standard InChI is InChI=1S/C16H19N2O9P/c1-25-10-4-2-9(3-5-10)11-7-18(16(21)17-15(11)20)14-6-12(19)13(27-14)8-26-28(22,23)24/h2-5,7,12-14,19H,6,8H2,1H3,(H,17,20,21)(H2,22,23,24)/t12-,13+,14+/m0/s1. The molecule has 1 saturated heterocycles. The average molecular weight is 414 g/mol. The van der Waals surface area contributed by atoms with Crippen LogP contribution in [0.3, 0.4) is 0 Å². The highest BCUT2D eigenvalue weighted by Gasteiger charge is 2.37. The van der Waals surface area contributed by atoms with Gasteiger partial charge in [0, 0.05) is 12.6 Å². The van der Waals surface area contributed by atoms with Gasteiger partial charge in [-0.25, -0.2) is 9.36 Å². The van der Waals surface area contributed by atoms with E-state index in [1.54, 1.807) is 24.3 Å². The van der Waals surface area contributed by atoms with E-state index in [0.29, 0.717) is 11.3 Å². The number of nitrogens with one attached hydrogen (secondary N) is 1. The number of H-pyrrole nitrogens is 1. The van der Waals surface area contributed by atoms with E-state index in [-0.39, 0.29) is 12.0 Å². The fourth-order valence-corrected chi connectivity index (χ4v) is 3.22. The van der Waals surface area contributed by atoms with Gasteiger partial charge in [0.05, 0.1) is 25.4 Å². The Morgan fingerprint density at radius 3 is 2.57 bits per heavy atom. The molecule has 1 fully saturated rings. The van der Waals surface area contributed by atoms with Crippen LogP contribution in [-0.2, 0) is 13.8 Å². The zero-order valence-electron chi connectivity index (χ0n) is 14.7. The third-order valence-electron chi connectivity index (χ3n) is 4.29. The third-order valence-corrected chi connectivity index (χ3v) is 4.78. The summed E-state index contributed by atoms with van der Waals surface area (Å²) in [6, 6.07) is 6.63. The van der Waals surface area contributed by atoms with E-state index < -0.39 is 44.1 Å². The minimum absolute atomic E-state index is 0.0246. The van der Waals surface area contributed by atoms with E-state index in [4.69, 9.17) is 19.3 Å². The van der Waals surface area contributed by atoms with Crippen LogP contribution in [0.1, 0.15) is 12.6 Å². The molecule has 0 unspecified atom stereocenters. The largest absolute Gasteiger partial charge is 0.497 e. The molecule has 28 heavy (non-hydrogen) atoms. The highest BCUT2D eigenvalue weighted by Crippen LogP contribution is 2.38. The summed E-state index contributed by atoms with van der Waals surface area (Å²) < 4.78 is 26.9. The number of aliphatic hydroxyl groups excluding tert-OH is 1. The van der Waals surface area contributed by atoms with E-state index in [2.05, 4.69) is 9.51 Å². The summed E-state index contributed by atoms with van der Waals surface area (Å²) in [6.07, 6.45) is -1.81. The van der Waals surface area contributed by atoms with Crippen LogP contribution in [0.25, 0.3) is 11.1 Å². The minimum atomic E-state index is -4.72. The number of hydrogen-bond acceptors (Lipinski definition) is 7. The van der Waals surface area contributed by atoms with Crippen LogP contribution in [0.5, 0.6) is 5.75 Å².